The third-order valence-electron chi connectivity index (χ3n) is 3.08. The number of nitrogens with zero attached hydrogens (tertiary/aromatic N) is 3. The lowest BCUT2D eigenvalue weighted by molar-refractivity contribution is 0.0458. The van der Waals surface area contributed by atoms with E-state index >= 15 is 0 Å². The summed E-state index contributed by atoms with van der Waals surface area (Å²) in [6.07, 6.45) is 4.18. The van der Waals surface area contributed by atoms with Crippen LogP contribution in [0.2, 0.25) is 0 Å². The Labute approximate surface area is 102 Å². The van der Waals surface area contributed by atoms with Gasteiger partial charge in [0.05, 0.1) is 6.10 Å². The molecule has 0 unspecified atom stereocenters. The highest BCUT2D eigenvalue weighted by atomic mass is 16.5. The third-order valence-corrected chi connectivity index (χ3v) is 3.08. The van der Waals surface area contributed by atoms with Crippen LogP contribution in [0.5, 0.6) is 0 Å². The Balaban J connectivity index is 1.95. The average Bonchev–Trinajstić information content (AvgIpc) is 2.40. The minimum atomic E-state index is 0.418. The lowest BCUT2D eigenvalue weighted by Gasteiger charge is -2.32. The van der Waals surface area contributed by atoms with Gasteiger partial charge < -0.3 is 15.0 Å². The lowest BCUT2D eigenvalue weighted by atomic mass is 10.1. The number of hydrogen-bond donors (Lipinski definition) is 1. The van der Waals surface area contributed by atoms with Crippen molar-refractivity contribution in [2.45, 2.75) is 25.9 Å². The number of nitrogens with one attached hydrogen (secondary N) is 1. The van der Waals surface area contributed by atoms with Crippen molar-refractivity contribution >= 4 is 11.6 Å². The van der Waals surface area contributed by atoms with Crippen molar-refractivity contribution in [3.05, 3.63) is 12.4 Å². The van der Waals surface area contributed by atoms with Crippen LogP contribution in [-0.2, 0) is 4.74 Å². The van der Waals surface area contributed by atoms with E-state index < -0.39 is 0 Å². The van der Waals surface area contributed by atoms with Gasteiger partial charge in [-0.05, 0) is 19.8 Å². The molecule has 1 aromatic rings. The van der Waals surface area contributed by atoms with E-state index in [0.29, 0.717) is 6.10 Å². The van der Waals surface area contributed by atoms with Gasteiger partial charge in [0, 0.05) is 32.8 Å². The van der Waals surface area contributed by atoms with Crippen molar-refractivity contribution in [3.63, 3.8) is 0 Å². The molecular weight excluding hydrogens is 216 g/mol. The van der Waals surface area contributed by atoms with E-state index in [1.807, 2.05) is 13.1 Å². The second-order valence-corrected chi connectivity index (χ2v) is 4.15. The van der Waals surface area contributed by atoms with E-state index in [1.54, 1.807) is 6.33 Å². The number of rotatable bonds is 4. The molecule has 5 nitrogen and oxygen atoms in total. The van der Waals surface area contributed by atoms with Crippen LogP contribution in [0.4, 0.5) is 11.6 Å². The van der Waals surface area contributed by atoms with Crippen LogP contribution in [0.1, 0.15) is 19.8 Å². The lowest BCUT2D eigenvalue weighted by Crippen LogP contribution is -2.37. The molecule has 1 aliphatic heterocycles. The van der Waals surface area contributed by atoms with Crippen molar-refractivity contribution in [1.29, 1.82) is 0 Å². The summed E-state index contributed by atoms with van der Waals surface area (Å²) in [6, 6.07) is 1.99. The van der Waals surface area contributed by atoms with Crippen molar-refractivity contribution in [3.8, 4) is 0 Å². The largest absolute Gasteiger partial charge is 0.378 e. The molecule has 0 amide bonds. The fourth-order valence-corrected chi connectivity index (χ4v) is 2.14. The minimum Gasteiger partial charge on any atom is -0.378 e. The molecule has 0 aromatic carbocycles. The molecule has 1 saturated heterocycles. The van der Waals surface area contributed by atoms with Crippen LogP contribution in [0, 0.1) is 0 Å². The highest BCUT2D eigenvalue weighted by molar-refractivity contribution is 5.48. The van der Waals surface area contributed by atoms with Crippen LogP contribution < -0.4 is 10.2 Å². The highest BCUT2D eigenvalue weighted by Crippen LogP contribution is 2.20. The summed E-state index contributed by atoms with van der Waals surface area (Å²) in [6.45, 7) is 4.87. The summed E-state index contributed by atoms with van der Waals surface area (Å²) >= 11 is 0. The SMILES string of the molecule is CCOC1CCN(c2cc(NC)ncn2)CC1. The first kappa shape index (κ1) is 12.1. The highest BCUT2D eigenvalue weighted by Gasteiger charge is 2.20. The number of anilines is 2. The van der Waals surface area contributed by atoms with Gasteiger partial charge in [0.15, 0.2) is 0 Å². The van der Waals surface area contributed by atoms with E-state index in [1.165, 1.54) is 0 Å². The van der Waals surface area contributed by atoms with Crippen LogP contribution in [0.25, 0.3) is 0 Å². The van der Waals surface area contributed by atoms with Gasteiger partial charge in [-0.3, -0.25) is 0 Å². The van der Waals surface area contributed by atoms with E-state index in [2.05, 4.69) is 27.1 Å². The summed E-state index contributed by atoms with van der Waals surface area (Å²) < 4.78 is 5.64. The maximum atomic E-state index is 5.64. The average molecular weight is 236 g/mol. The summed E-state index contributed by atoms with van der Waals surface area (Å²) in [5, 5.41) is 3.03. The standard InChI is InChI=1S/C12H20N4O/c1-3-17-10-4-6-16(7-5-10)12-8-11(13-2)14-9-15-12/h8-10H,3-7H2,1-2H3,(H,13,14,15). The molecule has 2 rings (SSSR count). The molecule has 0 spiro atoms. The Kier molecular flexibility index (Phi) is 4.14. The summed E-state index contributed by atoms with van der Waals surface area (Å²) in [5.74, 6) is 1.86. The Morgan fingerprint density at radius 3 is 2.82 bits per heavy atom. The van der Waals surface area contributed by atoms with E-state index in [0.717, 1.165) is 44.2 Å². The maximum absolute atomic E-state index is 5.64. The first-order chi connectivity index (χ1) is 8.33. The molecule has 0 atom stereocenters. The predicted molar refractivity (Wildman–Crippen MR) is 68.4 cm³/mol. The second kappa shape index (κ2) is 5.82. The molecule has 0 saturated carbocycles. The fourth-order valence-electron chi connectivity index (χ4n) is 2.14. The van der Waals surface area contributed by atoms with E-state index in [-0.39, 0.29) is 0 Å². The van der Waals surface area contributed by atoms with Gasteiger partial charge in [-0.2, -0.15) is 0 Å². The topological polar surface area (TPSA) is 50.3 Å². The number of aromatic nitrogens is 2. The number of hydrogen-bond acceptors (Lipinski definition) is 5. The predicted octanol–water partition coefficient (Wildman–Crippen LogP) is 1.52. The van der Waals surface area contributed by atoms with Crippen molar-refractivity contribution in [1.82, 2.24) is 9.97 Å². The molecule has 1 fully saturated rings. The van der Waals surface area contributed by atoms with Crippen LogP contribution in [0.3, 0.4) is 0 Å². The van der Waals surface area contributed by atoms with E-state index in [9.17, 15) is 0 Å². The van der Waals surface area contributed by atoms with Crippen molar-refractivity contribution in [2.75, 3.05) is 37.0 Å². The zero-order valence-electron chi connectivity index (χ0n) is 10.5. The van der Waals surface area contributed by atoms with Crippen LogP contribution in [0.15, 0.2) is 12.4 Å². The normalized spacial score (nSPS) is 17.2. The van der Waals surface area contributed by atoms with Gasteiger partial charge in [-0.1, -0.05) is 0 Å². The van der Waals surface area contributed by atoms with Gasteiger partial charge in [0.1, 0.15) is 18.0 Å². The van der Waals surface area contributed by atoms with Gasteiger partial charge in [-0.15, -0.1) is 0 Å². The smallest absolute Gasteiger partial charge is 0.134 e. The minimum absolute atomic E-state index is 0.418. The van der Waals surface area contributed by atoms with Gasteiger partial charge >= 0.3 is 0 Å². The van der Waals surface area contributed by atoms with Crippen molar-refractivity contribution < 1.29 is 4.74 Å². The zero-order chi connectivity index (χ0) is 12.1. The summed E-state index contributed by atoms with van der Waals surface area (Å²) in [4.78, 5) is 10.7. The first-order valence-electron chi connectivity index (χ1n) is 6.20. The summed E-state index contributed by atoms with van der Waals surface area (Å²) in [5.41, 5.74) is 0. The molecule has 0 bridgehead atoms. The van der Waals surface area contributed by atoms with Gasteiger partial charge in [-0.25, -0.2) is 9.97 Å². The Bertz CT molecular complexity index is 350. The molecule has 0 aliphatic carbocycles. The summed E-state index contributed by atoms with van der Waals surface area (Å²) in [7, 11) is 1.87. The van der Waals surface area contributed by atoms with Crippen LogP contribution in [-0.4, -0.2) is 42.8 Å². The molecule has 1 aliphatic rings. The first-order valence-corrected chi connectivity index (χ1v) is 6.20. The fraction of sp³-hybridized carbons (Fsp3) is 0.667. The Hall–Kier alpha value is -1.36. The number of piperidine rings is 1. The molecule has 1 aromatic heterocycles. The zero-order valence-corrected chi connectivity index (χ0v) is 10.5. The monoisotopic (exact) mass is 236 g/mol. The van der Waals surface area contributed by atoms with Gasteiger partial charge in [0.2, 0.25) is 0 Å². The Morgan fingerprint density at radius 2 is 2.18 bits per heavy atom. The number of ether oxygens (including phenoxy) is 1. The van der Waals surface area contributed by atoms with Crippen LogP contribution >= 0.6 is 0 Å². The quantitative estimate of drug-likeness (QED) is 0.859. The molecular formula is C12H20N4O. The maximum Gasteiger partial charge on any atom is 0.134 e. The third kappa shape index (κ3) is 3.06. The van der Waals surface area contributed by atoms with E-state index in [4.69, 9.17) is 4.74 Å². The molecule has 0 radical (unpaired) electrons. The Morgan fingerprint density at radius 1 is 1.41 bits per heavy atom. The van der Waals surface area contributed by atoms with Crippen molar-refractivity contribution in [2.24, 2.45) is 0 Å². The molecule has 5 heteroatoms. The molecule has 1 N–H and O–H groups in total. The molecule has 94 valence electrons. The van der Waals surface area contributed by atoms with Gasteiger partial charge in [0.25, 0.3) is 0 Å². The molecule has 17 heavy (non-hydrogen) atoms. The second-order valence-electron chi connectivity index (χ2n) is 4.15. The molecule has 2 heterocycles.